The molecule has 10 nitrogen and oxygen atoms in total. The number of fused-ring (bicyclic) bond motifs is 1. The van der Waals surface area contributed by atoms with Crippen molar-refractivity contribution < 1.29 is 27.5 Å². The zero-order valence-corrected chi connectivity index (χ0v) is 25.9. The number of amides is 2. The van der Waals surface area contributed by atoms with Crippen molar-refractivity contribution in [2.24, 2.45) is 7.05 Å². The van der Waals surface area contributed by atoms with Gasteiger partial charge in [0.1, 0.15) is 11.3 Å². The van der Waals surface area contributed by atoms with E-state index in [0.29, 0.717) is 54.1 Å². The van der Waals surface area contributed by atoms with E-state index >= 15 is 0 Å². The van der Waals surface area contributed by atoms with E-state index in [4.69, 9.17) is 4.74 Å². The highest BCUT2D eigenvalue weighted by molar-refractivity contribution is 6.04. The van der Waals surface area contributed by atoms with Crippen LogP contribution in [0.25, 0.3) is 22.4 Å². The molecular formula is C34H32F3N7O3. The number of halogens is 3. The summed E-state index contributed by atoms with van der Waals surface area (Å²) in [6.07, 6.45) is 1.55. The number of pyridine rings is 1. The lowest BCUT2D eigenvalue weighted by atomic mass is 10.0. The minimum atomic E-state index is -4.65. The predicted molar refractivity (Wildman–Crippen MR) is 171 cm³/mol. The van der Waals surface area contributed by atoms with Gasteiger partial charge in [-0.2, -0.15) is 18.2 Å². The summed E-state index contributed by atoms with van der Waals surface area (Å²) in [6, 6.07) is 14.0. The van der Waals surface area contributed by atoms with Crippen LogP contribution < -0.4 is 20.3 Å². The van der Waals surface area contributed by atoms with E-state index in [1.165, 1.54) is 25.1 Å². The lowest BCUT2D eigenvalue weighted by Crippen LogP contribution is -2.44. The lowest BCUT2D eigenvalue weighted by Gasteiger charge is -2.35. The number of piperidine rings is 1. The molecule has 2 amide bonds. The Morgan fingerprint density at radius 2 is 1.81 bits per heavy atom. The van der Waals surface area contributed by atoms with Gasteiger partial charge in [-0.05, 0) is 73.9 Å². The van der Waals surface area contributed by atoms with Crippen LogP contribution in [0.15, 0.2) is 73.2 Å². The van der Waals surface area contributed by atoms with Crippen molar-refractivity contribution in [2.45, 2.75) is 38.9 Å². The van der Waals surface area contributed by atoms with Gasteiger partial charge in [0, 0.05) is 74.2 Å². The Labute approximate surface area is 268 Å². The van der Waals surface area contributed by atoms with Crippen LogP contribution in [0.2, 0.25) is 0 Å². The van der Waals surface area contributed by atoms with Crippen molar-refractivity contribution in [3.8, 4) is 23.0 Å². The van der Waals surface area contributed by atoms with Gasteiger partial charge in [0.05, 0.1) is 11.1 Å². The maximum atomic E-state index is 14.2. The SMILES string of the molecule is CC(=O)NC1CCN(c2ccc(NC(=O)c3ccc(C)c(Oc4nc(-c5cccnc5)nc5ccn(C)c45)c3)cc2C(F)(F)F)CC1. The summed E-state index contributed by atoms with van der Waals surface area (Å²) < 4.78 is 50.8. The molecule has 0 atom stereocenters. The number of ether oxygens (including phenoxy) is 1. The highest BCUT2D eigenvalue weighted by Gasteiger charge is 2.36. The summed E-state index contributed by atoms with van der Waals surface area (Å²) in [5.74, 6) is 0.275. The summed E-state index contributed by atoms with van der Waals surface area (Å²) in [5, 5.41) is 5.44. The number of rotatable bonds is 7. The Kier molecular flexibility index (Phi) is 8.54. The average molecular weight is 644 g/mol. The summed E-state index contributed by atoms with van der Waals surface area (Å²) in [6.45, 7) is 3.95. The van der Waals surface area contributed by atoms with Gasteiger partial charge in [-0.25, -0.2) is 4.98 Å². The Balaban J connectivity index is 1.24. The first kappa shape index (κ1) is 31.5. The number of aromatic nitrogens is 4. The molecule has 2 aromatic carbocycles. The number of benzene rings is 2. The van der Waals surface area contributed by atoms with E-state index in [1.807, 2.05) is 36.9 Å². The molecule has 1 fully saturated rings. The largest absolute Gasteiger partial charge is 0.437 e. The highest BCUT2D eigenvalue weighted by atomic mass is 19.4. The Morgan fingerprint density at radius 3 is 2.51 bits per heavy atom. The first-order valence-electron chi connectivity index (χ1n) is 15.0. The molecule has 1 aliphatic heterocycles. The first-order valence-corrected chi connectivity index (χ1v) is 15.0. The van der Waals surface area contributed by atoms with E-state index in [-0.39, 0.29) is 34.8 Å². The molecule has 0 aliphatic carbocycles. The van der Waals surface area contributed by atoms with Gasteiger partial charge in [-0.3, -0.25) is 14.6 Å². The van der Waals surface area contributed by atoms with Gasteiger partial charge in [-0.1, -0.05) is 6.07 Å². The summed E-state index contributed by atoms with van der Waals surface area (Å²) >= 11 is 0. The van der Waals surface area contributed by atoms with Crippen molar-refractivity contribution in [3.05, 3.63) is 89.9 Å². The quantitative estimate of drug-likeness (QED) is 0.208. The maximum Gasteiger partial charge on any atom is 0.418 e. The monoisotopic (exact) mass is 643 g/mol. The van der Waals surface area contributed by atoms with Gasteiger partial charge < -0.3 is 24.8 Å². The Bertz CT molecular complexity index is 1950. The van der Waals surface area contributed by atoms with Gasteiger partial charge in [0.25, 0.3) is 5.91 Å². The number of nitrogens with zero attached hydrogens (tertiary/aromatic N) is 5. The zero-order chi connectivity index (χ0) is 33.3. The zero-order valence-electron chi connectivity index (χ0n) is 25.9. The highest BCUT2D eigenvalue weighted by Crippen LogP contribution is 2.39. The summed E-state index contributed by atoms with van der Waals surface area (Å²) in [5.41, 5.74) is 2.10. The van der Waals surface area contributed by atoms with Crippen molar-refractivity contribution in [2.75, 3.05) is 23.3 Å². The summed E-state index contributed by atoms with van der Waals surface area (Å²) in [7, 11) is 1.84. The van der Waals surface area contributed by atoms with Crippen LogP contribution in [0.4, 0.5) is 24.5 Å². The van der Waals surface area contributed by atoms with Crippen molar-refractivity contribution in [3.63, 3.8) is 0 Å². The molecule has 0 spiro atoms. The number of alkyl halides is 3. The molecule has 3 aromatic heterocycles. The number of carbonyl (C=O) groups excluding carboxylic acids is 2. The van der Waals surface area contributed by atoms with E-state index in [0.717, 1.165) is 11.6 Å². The standard InChI is InChI=1S/C34H32F3N7O3/c1-20-6-7-22(17-29(20)47-33-30-27(12-14-43(30)3)41-31(42-33)23-5-4-13-38-19-23)32(46)40-25-8-9-28(26(18-25)34(35,36)37)44-15-10-24(11-16-44)39-21(2)45/h4-9,12-14,17-19,24H,10-11,15-16H2,1-3H3,(H,39,45)(H,40,46). The second-order valence-corrected chi connectivity index (χ2v) is 11.5. The molecule has 0 unspecified atom stereocenters. The van der Waals surface area contributed by atoms with E-state index in [9.17, 15) is 22.8 Å². The van der Waals surface area contributed by atoms with Crippen LogP contribution in [-0.2, 0) is 18.0 Å². The Morgan fingerprint density at radius 1 is 1.02 bits per heavy atom. The lowest BCUT2D eigenvalue weighted by molar-refractivity contribution is -0.137. The summed E-state index contributed by atoms with van der Waals surface area (Å²) in [4.78, 5) is 39.8. The van der Waals surface area contributed by atoms with Crippen molar-refractivity contribution >= 4 is 34.2 Å². The third kappa shape index (κ3) is 6.88. The number of hydrogen-bond donors (Lipinski definition) is 2. The fourth-order valence-corrected chi connectivity index (χ4v) is 5.68. The topological polar surface area (TPSA) is 114 Å². The third-order valence-corrected chi connectivity index (χ3v) is 8.07. The maximum absolute atomic E-state index is 14.2. The average Bonchev–Trinajstić information content (AvgIpc) is 3.42. The molecule has 4 heterocycles. The molecule has 2 N–H and O–H groups in total. The molecule has 242 valence electrons. The number of carbonyl (C=O) groups is 2. The van der Waals surface area contributed by atoms with Crippen molar-refractivity contribution in [1.29, 1.82) is 0 Å². The van der Waals surface area contributed by atoms with E-state index in [1.54, 1.807) is 35.5 Å². The number of hydrogen-bond acceptors (Lipinski definition) is 7. The van der Waals surface area contributed by atoms with Gasteiger partial charge in [0.15, 0.2) is 5.82 Å². The molecule has 0 saturated carbocycles. The second kappa shape index (κ2) is 12.7. The van der Waals surface area contributed by atoms with Crippen molar-refractivity contribution in [1.82, 2.24) is 24.8 Å². The molecule has 6 rings (SSSR count). The van der Waals surface area contributed by atoms with E-state index < -0.39 is 17.6 Å². The third-order valence-electron chi connectivity index (χ3n) is 8.07. The minimum absolute atomic E-state index is 0.00434. The van der Waals surface area contributed by atoms with Crippen LogP contribution in [-0.4, -0.2) is 50.5 Å². The normalized spacial score (nSPS) is 13.9. The molecule has 1 aliphatic rings. The van der Waals surface area contributed by atoms with E-state index in [2.05, 4.69) is 25.6 Å². The van der Waals surface area contributed by atoms with Crippen LogP contribution in [0.5, 0.6) is 11.6 Å². The van der Waals surface area contributed by atoms with Gasteiger partial charge in [-0.15, -0.1) is 0 Å². The van der Waals surface area contributed by atoms with Gasteiger partial charge in [0.2, 0.25) is 11.8 Å². The van der Waals surface area contributed by atoms with Crippen LogP contribution in [0.3, 0.4) is 0 Å². The second-order valence-electron chi connectivity index (χ2n) is 11.5. The van der Waals surface area contributed by atoms with Gasteiger partial charge >= 0.3 is 6.18 Å². The molecule has 0 radical (unpaired) electrons. The molecule has 1 saturated heterocycles. The number of anilines is 2. The van der Waals surface area contributed by atoms with Crippen LogP contribution in [0, 0.1) is 6.92 Å². The number of aryl methyl sites for hydroxylation is 2. The van der Waals surface area contributed by atoms with Crippen LogP contribution in [0.1, 0.15) is 41.3 Å². The fraction of sp³-hybridized carbons (Fsp3) is 0.265. The molecule has 0 bridgehead atoms. The molecular weight excluding hydrogens is 611 g/mol. The fourth-order valence-electron chi connectivity index (χ4n) is 5.68. The smallest absolute Gasteiger partial charge is 0.418 e. The molecule has 47 heavy (non-hydrogen) atoms. The number of nitrogens with one attached hydrogen (secondary N) is 2. The predicted octanol–water partition coefficient (Wildman–Crippen LogP) is 6.51. The minimum Gasteiger partial charge on any atom is -0.437 e. The molecule has 13 heteroatoms. The van der Waals surface area contributed by atoms with Crippen LogP contribution >= 0.6 is 0 Å². The Hall–Kier alpha value is -5.46. The molecule has 5 aromatic rings. The first-order chi connectivity index (χ1) is 22.5.